The fourth-order valence-corrected chi connectivity index (χ4v) is 1.28. The molecule has 1 aromatic carbocycles. The van der Waals surface area contributed by atoms with Gasteiger partial charge in [-0.3, -0.25) is 0 Å². The molecule has 5 heteroatoms. The van der Waals surface area contributed by atoms with Gasteiger partial charge in [0.2, 0.25) is 0 Å². The third-order valence-electron chi connectivity index (χ3n) is 2.27. The van der Waals surface area contributed by atoms with Crippen molar-refractivity contribution in [1.82, 2.24) is 5.32 Å². The molecule has 0 saturated carbocycles. The third-order valence-corrected chi connectivity index (χ3v) is 2.27. The second kappa shape index (κ2) is 6.98. The van der Waals surface area contributed by atoms with Crippen molar-refractivity contribution in [2.75, 3.05) is 13.2 Å². The average molecular weight is 253 g/mol. The molecule has 3 N–H and O–H groups in total. The second-order valence-electron chi connectivity index (χ2n) is 4.36. The van der Waals surface area contributed by atoms with Crippen LogP contribution in [0.4, 0.5) is 0 Å². The Bertz CT molecular complexity index is 375. The molecule has 0 spiro atoms. The third kappa shape index (κ3) is 5.16. The van der Waals surface area contributed by atoms with E-state index in [0.29, 0.717) is 12.1 Å². The first-order valence-electron chi connectivity index (χ1n) is 5.86. The normalized spacial score (nSPS) is 12.4. The van der Waals surface area contributed by atoms with E-state index < -0.39 is 12.1 Å². The van der Waals surface area contributed by atoms with Crippen molar-refractivity contribution >= 4 is 5.97 Å². The summed E-state index contributed by atoms with van der Waals surface area (Å²) in [5.74, 6) is -0.425. The van der Waals surface area contributed by atoms with Crippen LogP contribution < -0.4 is 5.32 Å². The van der Waals surface area contributed by atoms with E-state index >= 15 is 0 Å². The largest absolute Gasteiger partial charge is 0.508 e. The van der Waals surface area contributed by atoms with Crippen LogP contribution in [0.3, 0.4) is 0 Å². The van der Waals surface area contributed by atoms with Gasteiger partial charge in [-0.2, -0.15) is 0 Å². The smallest absolute Gasteiger partial charge is 0.338 e. The number of rotatable bonds is 6. The molecule has 0 bridgehead atoms. The van der Waals surface area contributed by atoms with Crippen LogP contribution >= 0.6 is 0 Å². The first-order chi connectivity index (χ1) is 8.49. The number of carbonyl (C=O) groups excluding carboxylic acids is 1. The monoisotopic (exact) mass is 253 g/mol. The Morgan fingerprint density at radius 2 is 1.94 bits per heavy atom. The summed E-state index contributed by atoms with van der Waals surface area (Å²) in [7, 11) is 0. The van der Waals surface area contributed by atoms with E-state index in [1.165, 1.54) is 24.3 Å². The van der Waals surface area contributed by atoms with Crippen LogP contribution in [0.25, 0.3) is 0 Å². The van der Waals surface area contributed by atoms with Gasteiger partial charge in [0.1, 0.15) is 18.5 Å². The Hall–Kier alpha value is -1.59. The number of aliphatic hydroxyl groups excluding tert-OH is 1. The highest BCUT2D eigenvalue weighted by Crippen LogP contribution is 2.10. The molecule has 1 unspecified atom stereocenters. The number of phenols is 1. The number of esters is 1. The Labute approximate surface area is 106 Å². The van der Waals surface area contributed by atoms with Gasteiger partial charge in [-0.05, 0) is 24.3 Å². The second-order valence-corrected chi connectivity index (χ2v) is 4.36. The van der Waals surface area contributed by atoms with Crippen molar-refractivity contribution in [3.63, 3.8) is 0 Å². The molecule has 0 heterocycles. The van der Waals surface area contributed by atoms with E-state index in [1.807, 2.05) is 13.8 Å². The SMILES string of the molecule is CC(C)NCC(O)COC(=O)c1ccc(O)cc1. The summed E-state index contributed by atoms with van der Waals surface area (Å²) in [5, 5.41) is 21.7. The van der Waals surface area contributed by atoms with Crippen molar-refractivity contribution in [3.8, 4) is 5.75 Å². The van der Waals surface area contributed by atoms with E-state index in [9.17, 15) is 9.90 Å². The van der Waals surface area contributed by atoms with Crippen molar-refractivity contribution in [2.24, 2.45) is 0 Å². The predicted molar refractivity (Wildman–Crippen MR) is 67.5 cm³/mol. The highest BCUT2D eigenvalue weighted by molar-refractivity contribution is 5.89. The summed E-state index contributed by atoms with van der Waals surface area (Å²) in [6, 6.07) is 6.03. The summed E-state index contributed by atoms with van der Waals surface area (Å²) >= 11 is 0. The van der Waals surface area contributed by atoms with Gasteiger partial charge in [-0.1, -0.05) is 13.8 Å². The van der Waals surface area contributed by atoms with Crippen LogP contribution in [0.15, 0.2) is 24.3 Å². The standard InChI is InChI=1S/C13H19NO4/c1-9(2)14-7-12(16)8-18-13(17)10-3-5-11(15)6-4-10/h3-6,9,12,14-16H,7-8H2,1-2H3. The molecule has 0 radical (unpaired) electrons. The molecule has 5 nitrogen and oxygen atoms in total. The summed E-state index contributed by atoms with van der Waals surface area (Å²) in [6.07, 6.45) is -0.728. The fourth-order valence-electron chi connectivity index (χ4n) is 1.28. The maximum Gasteiger partial charge on any atom is 0.338 e. The van der Waals surface area contributed by atoms with Gasteiger partial charge in [0.25, 0.3) is 0 Å². The highest BCUT2D eigenvalue weighted by atomic mass is 16.5. The van der Waals surface area contributed by atoms with E-state index in [4.69, 9.17) is 9.84 Å². The van der Waals surface area contributed by atoms with Crippen LogP contribution in [0.1, 0.15) is 24.2 Å². The van der Waals surface area contributed by atoms with Crippen molar-refractivity contribution < 1.29 is 19.7 Å². The molecule has 0 aliphatic carbocycles. The van der Waals surface area contributed by atoms with E-state index in [-0.39, 0.29) is 18.4 Å². The molecule has 0 aliphatic rings. The zero-order chi connectivity index (χ0) is 13.5. The molecular formula is C13H19NO4. The zero-order valence-corrected chi connectivity index (χ0v) is 10.6. The number of hydrogen-bond acceptors (Lipinski definition) is 5. The van der Waals surface area contributed by atoms with Gasteiger partial charge >= 0.3 is 5.97 Å². The van der Waals surface area contributed by atoms with Crippen LogP contribution in [0.2, 0.25) is 0 Å². The first-order valence-corrected chi connectivity index (χ1v) is 5.86. The van der Waals surface area contributed by atoms with Crippen molar-refractivity contribution in [3.05, 3.63) is 29.8 Å². The molecule has 1 aromatic rings. The summed E-state index contributed by atoms with van der Waals surface area (Å²) in [5.41, 5.74) is 0.344. The number of phenolic OH excluding ortho intramolecular Hbond substituents is 1. The minimum Gasteiger partial charge on any atom is -0.508 e. The lowest BCUT2D eigenvalue weighted by molar-refractivity contribution is 0.0256. The highest BCUT2D eigenvalue weighted by Gasteiger charge is 2.11. The maximum absolute atomic E-state index is 11.6. The number of hydrogen-bond donors (Lipinski definition) is 3. The van der Waals surface area contributed by atoms with Crippen LogP contribution in [0.5, 0.6) is 5.75 Å². The number of aromatic hydroxyl groups is 1. The number of nitrogens with one attached hydrogen (secondary N) is 1. The maximum atomic E-state index is 11.6. The van der Waals surface area contributed by atoms with E-state index in [1.54, 1.807) is 0 Å². The lowest BCUT2D eigenvalue weighted by Gasteiger charge is -2.14. The van der Waals surface area contributed by atoms with Crippen LogP contribution in [0, 0.1) is 0 Å². The van der Waals surface area contributed by atoms with Gasteiger partial charge < -0.3 is 20.3 Å². The van der Waals surface area contributed by atoms with Gasteiger partial charge in [0.15, 0.2) is 0 Å². The Morgan fingerprint density at radius 3 is 2.50 bits per heavy atom. The van der Waals surface area contributed by atoms with Crippen molar-refractivity contribution in [1.29, 1.82) is 0 Å². The molecule has 0 aromatic heterocycles. The molecule has 0 fully saturated rings. The van der Waals surface area contributed by atoms with Gasteiger partial charge in [-0.15, -0.1) is 0 Å². The molecule has 0 aliphatic heterocycles. The number of ether oxygens (including phenoxy) is 1. The quantitative estimate of drug-likeness (QED) is 0.657. The summed E-state index contributed by atoms with van der Waals surface area (Å²) in [6.45, 7) is 4.25. The molecule has 1 rings (SSSR count). The van der Waals surface area contributed by atoms with E-state index in [2.05, 4.69) is 5.32 Å². The van der Waals surface area contributed by atoms with E-state index in [0.717, 1.165) is 0 Å². The predicted octanol–water partition coefficient (Wildman–Crippen LogP) is 0.908. The number of aliphatic hydroxyl groups is 1. The Balaban J connectivity index is 2.34. The Morgan fingerprint density at radius 1 is 1.33 bits per heavy atom. The topological polar surface area (TPSA) is 78.8 Å². The lowest BCUT2D eigenvalue weighted by Crippen LogP contribution is -2.35. The van der Waals surface area contributed by atoms with Gasteiger partial charge in [0.05, 0.1) is 5.56 Å². The summed E-state index contributed by atoms with van der Waals surface area (Å²) in [4.78, 5) is 11.6. The molecular weight excluding hydrogens is 234 g/mol. The lowest BCUT2D eigenvalue weighted by atomic mass is 10.2. The average Bonchev–Trinajstić information content (AvgIpc) is 2.34. The number of carbonyl (C=O) groups is 1. The molecule has 18 heavy (non-hydrogen) atoms. The first kappa shape index (κ1) is 14.5. The fraction of sp³-hybridized carbons (Fsp3) is 0.462. The molecule has 1 atom stereocenters. The van der Waals surface area contributed by atoms with Gasteiger partial charge in [0, 0.05) is 12.6 Å². The summed E-state index contributed by atoms with van der Waals surface area (Å²) < 4.78 is 4.95. The minimum absolute atomic E-state index is 0.0561. The molecule has 100 valence electrons. The Kier molecular flexibility index (Phi) is 5.61. The zero-order valence-electron chi connectivity index (χ0n) is 10.6. The van der Waals surface area contributed by atoms with Crippen LogP contribution in [-0.2, 0) is 4.74 Å². The van der Waals surface area contributed by atoms with Crippen LogP contribution in [-0.4, -0.2) is 41.5 Å². The van der Waals surface area contributed by atoms with Gasteiger partial charge in [-0.25, -0.2) is 4.79 Å². The minimum atomic E-state index is -0.728. The number of benzene rings is 1. The molecule has 0 saturated heterocycles. The van der Waals surface area contributed by atoms with Crippen molar-refractivity contribution in [2.45, 2.75) is 26.0 Å². The molecule has 0 amide bonds.